The number of ether oxygens (including phenoxy) is 3. The van der Waals surface area contributed by atoms with Crippen molar-refractivity contribution in [2.45, 2.75) is 44.2 Å². The van der Waals surface area contributed by atoms with Gasteiger partial charge in [-0.3, -0.25) is 9.59 Å². The largest absolute Gasteiger partial charge is 0.508 e. The molecule has 1 amide bonds. The second-order valence-corrected chi connectivity index (χ2v) is 10.1. The molecular formula is C31H32FNO7. The third-order valence-electron chi connectivity index (χ3n) is 7.37. The van der Waals surface area contributed by atoms with E-state index < -0.39 is 18.0 Å². The highest BCUT2D eigenvalue weighted by molar-refractivity contribution is 5.98. The van der Waals surface area contributed by atoms with Gasteiger partial charge in [-0.2, -0.15) is 0 Å². The molecule has 2 aliphatic heterocycles. The van der Waals surface area contributed by atoms with Crippen molar-refractivity contribution in [2.75, 3.05) is 26.9 Å². The minimum absolute atomic E-state index is 0.00944. The average molecular weight is 550 g/mol. The van der Waals surface area contributed by atoms with Crippen molar-refractivity contribution in [1.29, 1.82) is 0 Å². The molecule has 0 radical (unpaired) electrons. The number of aromatic hydroxyl groups is 1. The Morgan fingerprint density at radius 2 is 1.95 bits per heavy atom. The third kappa shape index (κ3) is 5.95. The summed E-state index contributed by atoms with van der Waals surface area (Å²) in [5.41, 5.74) is 3.22. The van der Waals surface area contributed by atoms with Gasteiger partial charge in [-0.25, -0.2) is 4.39 Å². The molecule has 0 aromatic heterocycles. The Bertz CT molecular complexity index is 1420. The van der Waals surface area contributed by atoms with Gasteiger partial charge in [0.25, 0.3) is 5.91 Å². The molecule has 0 spiro atoms. The summed E-state index contributed by atoms with van der Waals surface area (Å²) >= 11 is 0. The average Bonchev–Trinajstić information content (AvgIpc) is 3.43. The van der Waals surface area contributed by atoms with E-state index in [0.717, 1.165) is 11.1 Å². The number of phenolic OH excluding ortho intramolecular Hbond substituents is 1. The van der Waals surface area contributed by atoms with Gasteiger partial charge in [0.05, 0.1) is 43.6 Å². The lowest BCUT2D eigenvalue weighted by molar-refractivity contribution is -0.0261. The van der Waals surface area contributed by atoms with Crippen LogP contribution in [0.15, 0.2) is 48.5 Å². The van der Waals surface area contributed by atoms with Gasteiger partial charge in [0.2, 0.25) is 0 Å². The van der Waals surface area contributed by atoms with Crippen molar-refractivity contribution in [3.8, 4) is 17.2 Å². The van der Waals surface area contributed by atoms with Gasteiger partial charge in [-0.15, -0.1) is 0 Å². The van der Waals surface area contributed by atoms with E-state index in [1.807, 2.05) is 6.07 Å². The molecule has 3 aromatic carbocycles. The first-order chi connectivity index (χ1) is 19.3. The maximum Gasteiger partial charge on any atom is 0.255 e. The molecule has 0 bridgehead atoms. The number of phenols is 1. The van der Waals surface area contributed by atoms with E-state index in [0.29, 0.717) is 60.7 Å². The summed E-state index contributed by atoms with van der Waals surface area (Å²) in [6, 6.07) is 12.4. The van der Waals surface area contributed by atoms with Crippen LogP contribution in [-0.4, -0.2) is 61.0 Å². The van der Waals surface area contributed by atoms with Gasteiger partial charge in [0.15, 0.2) is 5.78 Å². The number of benzene rings is 3. The van der Waals surface area contributed by atoms with Crippen molar-refractivity contribution in [2.24, 2.45) is 0 Å². The van der Waals surface area contributed by atoms with E-state index in [1.54, 1.807) is 30.3 Å². The molecular weight excluding hydrogens is 517 g/mol. The fourth-order valence-electron chi connectivity index (χ4n) is 5.32. The predicted octanol–water partition coefficient (Wildman–Crippen LogP) is 3.76. The van der Waals surface area contributed by atoms with Crippen LogP contribution in [0, 0.1) is 5.82 Å². The first kappa shape index (κ1) is 27.6. The molecule has 0 unspecified atom stereocenters. The van der Waals surface area contributed by atoms with Gasteiger partial charge in [0.1, 0.15) is 23.1 Å². The zero-order valence-corrected chi connectivity index (χ0v) is 22.2. The number of fused-ring (bicyclic) bond motifs is 1. The van der Waals surface area contributed by atoms with Crippen LogP contribution in [0.3, 0.4) is 0 Å². The van der Waals surface area contributed by atoms with Crippen molar-refractivity contribution in [3.05, 3.63) is 87.7 Å². The lowest BCUT2D eigenvalue weighted by Crippen LogP contribution is -2.48. The van der Waals surface area contributed by atoms with Crippen LogP contribution in [0.2, 0.25) is 0 Å². The number of aliphatic hydroxyl groups is 1. The number of nitrogens with one attached hydrogen (secondary N) is 1. The molecule has 1 saturated heterocycles. The zero-order valence-electron chi connectivity index (χ0n) is 22.2. The van der Waals surface area contributed by atoms with Gasteiger partial charge in [0, 0.05) is 31.4 Å². The quantitative estimate of drug-likeness (QED) is 0.348. The zero-order chi connectivity index (χ0) is 28.2. The Morgan fingerprint density at radius 1 is 1.10 bits per heavy atom. The number of Topliss-reactive ketones (excluding diaryl/α,β-unsaturated/α-hetero) is 1. The molecule has 0 aliphatic carbocycles. The van der Waals surface area contributed by atoms with Crippen LogP contribution in [0.4, 0.5) is 4.39 Å². The molecule has 0 saturated carbocycles. The second kappa shape index (κ2) is 12.1. The highest BCUT2D eigenvalue weighted by Crippen LogP contribution is 2.40. The van der Waals surface area contributed by atoms with E-state index in [-0.39, 0.29) is 42.5 Å². The van der Waals surface area contributed by atoms with E-state index in [1.165, 1.54) is 19.2 Å². The first-order valence-corrected chi connectivity index (χ1v) is 13.4. The number of aliphatic hydroxyl groups excluding tert-OH is 1. The summed E-state index contributed by atoms with van der Waals surface area (Å²) < 4.78 is 31.8. The third-order valence-corrected chi connectivity index (χ3v) is 7.37. The van der Waals surface area contributed by atoms with Gasteiger partial charge in [-0.05, 0) is 59.9 Å². The minimum Gasteiger partial charge on any atom is -0.508 e. The normalized spacial score (nSPS) is 18.1. The lowest BCUT2D eigenvalue weighted by Gasteiger charge is -2.28. The highest BCUT2D eigenvalue weighted by atomic mass is 19.1. The molecule has 8 nitrogen and oxygen atoms in total. The van der Waals surface area contributed by atoms with Crippen molar-refractivity contribution >= 4 is 11.7 Å². The maximum absolute atomic E-state index is 15.1. The van der Waals surface area contributed by atoms with Crippen LogP contribution >= 0.6 is 0 Å². The van der Waals surface area contributed by atoms with Crippen molar-refractivity contribution in [1.82, 2.24) is 5.32 Å². The summed E-state index contributed by atoms with van der Waals surface area (Å²) in [5.74, 6) is -0.152. The van der Waals surface area contributed by atoms with E-state index in [2.05, 4.69) is 5.32 Å². The molecule has 2 aliphatic rings. The predicted molar refractivity (Wildman–Crippen MR) is 145 cm³/mol. The summed E-state index contributed by atoms with van der Waals surface area (Å²) in [4.78, 5) is 26.0. The number of halogens is 1. The van der Waals surface area contributed by atoms with E-state index >= 15 is 4.39 Å². The topological polar surface area (TPSA) is 114 Å². The molecule has 1 fully saturated rings. The Morgan fingerprint density at radius 3 is 2.70 bits per heavy atom. The Balaban J connectivity index is 1.35. The molecule has 5 rings (SSSR count). The van der Waals surface area contributed by atoms with Gasteiger partial charge in [-0.1, -0.05) is 18.2 Å². The number of amides is 1. The van der Waals surface area contributed by atoms with Crippen LogP contribution in [0.25, 0.3) is 0 Å². The first-order valence-electron chi connectivity index (χ1n) is 13.4. The summed E-state index contributed by atoms with van der Waals surface area (Å²) in [6.07, 6.45) is 1.03. The van der Waals surface area contributed by atoms with Crippen LogP contribution in [0.5, 0.6) is 17.2 Å². The number of hydrogen-bond acceptors (Lipinski definition) is 7. The van der Waals surface area contributed by atoms with Gasteiger partial charge >= 0.3 is 0 Å². The number of carbonyl (C=O) groups excluding carboxylic acids is 2. The van der Waals surface area contributed by atoms with Crippen LogP contribution < -0.4 is 14.8 Å². The molecule has 210 valence electrons. The van der Waals surface area contributed by atoms with Crippen molar-refractivity contribution in [3.63, 3.8) is 0 Å². The number of hydrogen-bond donors (Lipinski definition) is 3. The number of carbonyl (C=O) groups is 2. The second-order valence-electron chi connectivity index (χ2n) is 10.1. The molecule has 9 heteroatoms. The lowest BCUT2D eigenvalue weighted by atomic mass is 9.94. The van der Waals surface area contributed by atoms with E-state index in [4.69, 9.17) is 14.2 Å². The Labute approximate surface area is 231 Å². The fourth-order valence-corrected chi connectivity index (χ4v) is 5.32. The monoisotopic (exact) mass is 549 g/mol. The molecule has 2 atom stereocenters. The summed E-state index contributed by atoms with van der Waals surface area (Å²) in [6.45, 7) is 1.04. The molecule has 2 heterocycles. The molecule has 3 N–H and O–H groups in total. The Hall–Kier alpha value is -3.95. The van der Waals surface area contributed by atoms with Crippen LogP contribution in [0.1, 0.15) is 55.8 Å². The van der Waals surface area contributed by atoms with Crippen molar-refractivity contribution < 1.29 is 38.4 Å². The smallest absolute Gasteiger partial charge is 0.255 e. The number of rotatable bonds is 9. The molecule has 40 heavy (non-hydrogen) atoms. The summed E-state index contributed by atoms with van der Waals surface area (Å²) in [7, 11) is 1.50. The summed E-state index contributed by atoms with van der Waals surface area (Å²) in [5, 5.41) is 22.7. The number of aryl methyl sites for hydroxylation is 1. The molecule has 3 aromatic rings. The highest BCUT2D eigenvalue weighted by Gasteiger charge is 2.30. The van der Waals surface area contributed by atoms with Crippen LogP contribution in [-0.2, 0) is 24.0 Å². The van der Waals surface area contributed by atoms with E-state index in [9.17, 15) is 19.8 Å². The number of ketones is 1. The van der Waals surface area contributed by atoms with Gasteiger partial charge < -0.3 is 29.7 Å². The Kier molecular flexibility index (Phi) is 8.32. The number of methoxy groups -OCH3 is 1. The SMILES string of the molecule is COc1c(C(=O)N[C@H]2CCOC[C@@H]2O)cc(Cc2ccc(C(=O)CCc3cccc(O)c3)c(F)c2)c2c1CCO2. The fraction of sp³-hybridized carbons (Fsp3) is 0.355. The minimum atomic E-state index is -0.801. The standard InChI is InChI=1S/C31H32FNO7/c1-38-30-23-9-12-40-29(23)20(16-24(30)31(37)33-26-10-11-39-17-28(26)36)13-19-5-7-22(25(32)15-19)27(35)8-6-18-3-2-4-21(34)14-18/h2-5,7,14-16,26,28,34,36H,6,8-13,17H2,1H3,(H,33,37)/t26-,28-/m0/s1. The maximum atomic E-state index is 15.1.